The maximum atomic E-state index is 11.6. The van der Waals surface area contributed by atoms with Gasteiger partial charge in [-0.1, -0.05) is 63.4 Å². The quantitative estimate of drug-likeness (QED) is 0.668. The zero-order chi connectivity index (χ0) is 12.5. The van der Waals surface area contributed by atoms with E-state index in [9.17, 15) is 4.79 Å². The van der Waals surface area contributed by atoms with Crippen LogP contribution >= 0.6 is 0 Å². The van der Waals surface area contributed by atoms with Crippen LogP contribution in [0, 0.1) is 5.92 Å². The SMILES string of the molecule is CCCCC(C)CC(=O)OCc1ccccc1. The van der Waals surface area contributed by atoms with Crippen LogP contribution in [0.4, 0.5) is 0 Å². The molecular formula is C15H22O2. The third kappa shape index (κ3) is 6.10. The summed E-state index contributed by atoms with van der Waals surface area (Å²) >= 11 is 0. The molecule has 0 N–H and O–H groups in total. The van der Waals surface area contributed by atoms with E-state index in [0.29, 0.717) is 18.9 Å². The molecular weight excluding hydrogens is 212 g/mol. The Morgan fingerprint density at radius 3 is 2.65 bits per heavy atom. The maximum Gasteiger partial charge on any atom is 0.306 e. The fourth-order valence-corrected chi connectivity index (χ4v) is 1.74. The summed E-state index contributed by atoms with van der Waals surface area (Å²) in [6.45, 7) is 4.67. The van der Waals surface area contributed by atoms with Crippen LogP contribution in [0.5, 0.6) is 0 Å². The van der Waals surface area contributed by atoms with Gasteiger partial charge in [0.2, 0.25) is 0 Å². The molecule has 0 saturated carbocycles. The predicted octanol–water partition coefficient (Wildman–Crippen LogP) is 3.95. The highest BCUT2D eigenvalue weighted by atomic mass is 16.5. The van der Waals surface area contributed by atoms with Gasteiger partial charge in [0, 0.05) is 6.42 Å². The summed E-state index contributed by atoms with van der Waals surface area (Å²) in [5.41, 5.74) is 1.04. The van der Waals surface area contributed by atoms with Crippen molar-refractivity contribution in [2.45, 2.75) is 46.1 Å². The molecule has 1 atom stereocenters. The average Bonchev–Trinajstić information content (AvgIpc) is 2.35. The van der Waals surface area contributed by atoms with Crippen LogP contribution in [-0.2, 0) is 16.1 Å². The van der Waals surface area contributed by atoms with Crippen molar-refractivity contribution in [1.29, 1.82) is 0 Å². The molecule has 0 amide bonds. The maximum absolute atomic E-state index is 11.6. The van der Waals surface area contributed by atoms with Gasteiger partial charge in [-0.3, -0.25) is 4.79 Å². The lowest BCUT2D eigenvalue weighted by Gasteiger charge is -2.10. The molecule has 2 heteroatoms. The third-order valence-electron chi connectivity index (χ3n) is 2.81. The number of unbranched alkanes of at least 4 members (excludes halogenated alkanes) is 1. The first kappa shape index (κ1) is 13.8. The second-order valence-corrected chi connectivity index (χ2v) is 4.60. The summed E-state index contributed by atoms with van der Waals surface area (Å²) in [7, 11) is 0. The first-order valence-electron chi connectivity index (χ1n) is 6.42. The van der Waals surface area contributed by atoms with Crippen LogP contribution in [0.1, 0.15) is 45.1 Å². The molecule has 0 spiro atoms. The molecule has 0 aliphatic carbocycles. The normalized spacial score (nSPS) is 12.1. The summed E-state index contributed by atoms with van der Waals surface area (Å²) in [6, 6.07) is 9.79. The van der Waals surface area contributed by atoms with E-state index >= 15 is 0 Å². The van der Waals surface area contributed by atoms with Gasteiger partial charge in [-0.15, -0.1) is 0 Å². The van der Waals surface area contributed by atoms with Crippen molar-refractivity contribution >= 4 is 5.97 Å². The number of hydrogen-bond donors (Lipinski definition) is 0. The Kier molecular flexibility index (Phi) is 6.38. The number of ether oxygens (including phenoxy) is 1. The molecule has 0 aromatic heterocycles. The molecule has 0 saturated heterocycles. The second-order valence-electron chi connectivity index (χ2n) is 4.60. The molecule has 0 fully saturated rings. The summed E-state index contributed by atoms with van der Waals surface area (Å²) in [5.74, 6) is 0.343. The summed E-state index contributed by atoms with van der Waals surface area (Å²) < 4.78 is 5.24. The summed E-state index contributed by atoms with van der Waals surface area (Å²) in [6.07, 6.45) is 4.01. The molecule has 1 aromatic carbocycles. The molecule has 17 heavy (non-hydrogen) atoms. The van der Waals surface area contributed by atoms with Gasteiger partial charge in [-0.05, 0) is 11.5 Å². The van der Waals surface area contributed by atoms with Gasteiger partial charge in [0.05, 0.1) is 0 Å². The van der Waals surface area contributed by atoms with Crippen molar-refractivity contribution < 1.29 is 9.53 Å². The average molecular weight is 234 g/mol. The Morgan fingerprint density at radius 2 is 2.00 bits per heavy atom. The Bertz CT molecular complexity index is 319. The molecule has 0 radical (unpaired) electrons. The number of carbonyl (C=O) groups is 1. The predicted molar refractivity (Wildman–Crippen MR) is 69.5 cm³/mol. The lowest BCUT2D eigenvalue weighted by Crippen LogP contribution is -2.09. The minimum atomic E-state index is -0.0857. The van der Waals surface area contributed by atoms with Crippen molar-refractivity contribution in [3.63, 3.8) is 0 Å². The van der Waals surface area contributed by atoms with Crippen molar-refractivity contribution in [3.05, 3.63) is 35.9 Å². The minimum Gasteiger partial charge on any atom is -0.461 e. The van der Waals surface area contributed by atoms with Crippen LogP contribution < -0.4 is 0 Å². The second kappa shape index (κ2) is 7.88. The van der Waals surface area contributed by atoms with Crippen LogP contribution in [0.2, 0.25) is 0 Å². The lowest BCUT2D eigenvalue weighted by molar-refractivity contribution is -0.146. The Hall–Kier alpha value is -1.31. The molecule has 0 aliphatic rings. The number of benzene rings is 1. The topological polar surface area (TPSA) is 26.3 Å². The monoisotopic (exact) mass is 234 g/mol. The first-order chi connectivity index (χ1) is 8.22. The smallest absolute Gasteiger partial charge is 0.306 e. The largest absolute Gasteiger partial charge is 0.461 e. The van der Waals surface area contributed by atoms with Crippen molar-refractivity contribution in [1.82, 2.24) is 0 Å². The van der Waals surface area contributed by atoms with Gasteiger partial charge in [-0.25, -0.2) is 0 Å². The van der Waals surface area contributed by atoms with E-state index in [1.807, 2.05) is 30.3 Å². The van der Waals surface area contributed by atoms with Gasteiger partial charge in [-0.2, -0.15) is 0 Å². The number of esters is 1. The highest BCUT2D eigenvalue weighted by Gasteiger charge is 2.09. The molecule has 0 heterocycles. The molecule has 1 unspecified atom stereocenters. The first-order valence-corrected chi connectivity index (χ1v) is 6.42. The van der Waals surface area contributed by atoms with Crippen molar-refractivity contribution in [2.24, 2.45) is 5.92 Å². The third-order valence-corrected chi connectivity index (χ3v) is 2.81. The molecule has 1 aromatic rings. The van der Waals surface area contributed by atoms with Crippen molar-refractivity contribution in [2.75, 3.05) is 0 Å². The summed E-state index contributed by atoms with van der Waals surface area (Å²) in [4.78, 5) is 11.6. The van der Waals surface area contributed by atoms with E-state index in [1.165, 1.54) is 12.8 Å². The lowest BCUT2D eigenvalue weighted by atomic mass is 10.0. The fourth-order valence-electron chi connectivity index (χ4n) is 1.74. The molecule has 0 bridgehead atoms. The standard InChI is InChI=1S/C15H22O2/c1-3-4-8-13(2)11-15(16)17-12-14-9-6-5-7-10-14/h5-7,9-10,13H,3-4,8,11-12H2,1-2H3. The Labute approximate surface area is 104 Å². The van der Waals surface area contributed by atoms with E-state index < -0.39 is 0 Å². The van der Waals surface area contributed by atoms with Gasteiger partial charge >= 0.3 is 5.97 Å². The highest BCUT2D eigenvalue weighted by Crippen LogP contribution is 2.13. The van der Waals surface area contributed by atoms with E-state index in [2.05, 4.69) is 13.8 Å². The minimum absolute atomic E-state index is 0.0857. The van der Waals surface area contributed by atoms with Crippen LogP contribution in [0.15, 0.2) is 30.3 Å². The molecule has 0 aliphatic heterocycles. The van der Waals surface area contributed by atoms with Gasteiger partial charge in [0.15, 0.2) is 0 Å². The van der Waals surface area contributed by atoms with Crippen LogP contribution in [-0.4, -0.2) is 5.97 Å². The van der Waals surface area contributed by atoms with Crippen LogP contribution in [0.25, 0.3) is 0 Å². The Morgan fingerprint density at radius 1 is 1.29 bits per heavy atom. The zero-order valence-electron chi connectivity index (χ0n) is 10.8. The summed E-state index contributed by atoms with van der Waals surface area (Å²) in [5, 5.41) is 0. The fraction of sp³-hybridized carbons (Fsp3) is 0.533. The Balaban J connectivity index is 2.21. The number of rotatable bonds is 7. The van der Waals surface area contributed by atoms with E-state index in [-0.39, 0.29) is 5.97 Å². The van der Waals surface area contributed by atoms with E-state index in [0.717, 1.165) is 12.0 Å². The number of carbonyl (C=O) groups excluding carboxylic acids is 1. The number of hydrogen-bond acceptors (Lipinski definition) is 2. The van der Waals surface area contributed by atoms with Crippen molar-refractivity contribution in [3.8, 4) is 0 Å². The van der Waals surface area contributed by atoms with Gasteiger partial charge < -0.3 is 4.74 Å². The van der Waals surface area contributed by atoms with Gasteiger partial charge in [0.25, 0.3) is 0 Å². The molecule has 2 nitrogen and oxygen atoms in total. The van der Waals surface area contributed by atoms with Gasteiger partial charge in [0.1, 0.15) is 6.61 Å². The van der Waals surface area contributed by atoms with Crippen LogP contribution in [0.3, 0.4) is 0 Å². The highest BCUT2D eigenvalue weighted by molar-refractivity contribution is 5.69. The van der Waals surface area contributed by atoms with E-state index in [4.69, 9.17) is 4.74 Å². The molecule has 94 valence electrons. The molecule has 1 rings (SSSR count). The van der Waals surface area contributed by atoms with E-state index in [1.54, 1.807) is 0 Å². The zero-order valence-corrected chi connectivity index (χ0v) is 10.8.